The molecule has 0 spiro atoms. The third-order valence-corrected chi connectivity index (χ3v) is 3.18. The predicted octanol–water partition coefficient (Wildman–Crippen LogP) is 1.85. The van der Waals surface area contributed by atoms with E-state index in [0.717, 1.165) is 37.7 Å². The second-order valence-electron chi connectivity index (χ2n) is 4.87. The van der Waals surface area contributed by atoms with Crippen LogP contribution in [0.4, 0.5) is 5.95 Å². The van der Waals surface area contributed by atoms with Gasteiger partial charge in [-0.2, -0.15) is 5.10 Å². The molecule has 0 saturated carbocycles. The molecule has 1 N–H and O–H groups in total. The Bertz CT molecular complexity index is 531. The number of hydrogen-bond donors (Lipinski definition) is 1. The molecule has 0 saturated heterocycles. The summed E-state index contributed by atoms with van der Waals surface area (Å²) in [4.78, 5) is 4.31. The van der Waals surface area contributed by atoms with Crippen LogP contribution in [-0.2, 0) is 17.8 Å². The largest absolute Gasteiger partial charge is 0.383 e. The third-order valence-electron chi connectivity index (χ3n) is 3.18. The Morgan fingerprint density at radius 2 is 2.15 bits per heavy atom. The molecule has 0 aliphatic rings. The van der Waals surface area contributed by atoms with Crippen molar-refractivity contribution in [2.75, 3.05) is 25.6 Å². The van der Waals surface area contributed by atoms with Crippen LogP contribution in [0.25, 0.3) is 0 Å². The highest BCUT2D eigenvalue weighted by Gasteiger charge is 2.03. The van der Waals surface area contributed by atoms with Gasteiger partial charge < -0.3 is 14.6 Å². The molecule has 0 unspecified atom stereocenters. The fourth-order valence-corrected chi connectivity index (χ4v) is 2.18. The highest BCUT2D eigenvalue weighted by Crippen LogP contribution is 2.06. The zero-order valence-electron chi connectivity index (χ0n) is 12.5. The average molecular weight is 277 g/mol. The molecular weight excluding hydrogens is 254 g/mol. The molecule has 110 valence electrons. The molecule has 0 aromatic carbocycles. The quantitative estimate of drug-likeness (QED) is 0.748. The molecule has 0 bridgehead atoms. The second-order valence-corrected chi connectivity index (χ2v) is 4.87. The van der Waals surface area contributed by atoms with E-state index < -0.39 is 0 Å². The topological polar surface area (TPSA) is 56.9 Å². The Morgan fingerprint density at radius 1 is 1.30 bits per heavy atom. The lowest BCUT2D eigenvalue weighted by Gasteiger charge is -2.09. The summed E-state index contributed by atoms with van der Waals surface area (Å²) in [5.41, 5.74) is 2.29. The lowest BCUT2D eigenvalue weighted by atomic mass is 10.4. The smallest absolute Gasteiger partial charge is 0.202 e. The SMILES string of the molecule is COCCn1ccnc1NCCCn1nc(C)cc1C. The molecule has 6 heteroatoms. The number of hydrogen-bond acceptors (Lipinski definition) is 4. The number of methoxy groups -OCH3 is 1. The molecule has 0 aliphatic carbocycles. The lowest BCUT2D eigenvalue weighted by Crippen LogP contribution is -2.13. The maximum Gasteiger partial charge on any atom is 0.202 e. The van der Waals surface area contributed by atoms with Gasteiger partial charge in [0, 0.05) is 44.8 Å². The van der Waals surface area contributed by atoms with Gasteiger partial charge in [0.2, 0.25) is 5.95 Å². The summed E-state index contributed by atoms with van der Waals surface area (Å²) in [6, 6.07) is 2.10. The summed E-state index contributed by atoms with van der Waals surface area (Å²) < 4.78 is 9.19. The van der Waals surface area contributed by atoms with Crippen LogP contribution in [0, 0.1) is 13.8 Å². The first-order valence-corrected chi connectivity index (χ1v) is 6.95. The fourth-order valence-electron chi connectivity index (χ4n) is 2.18. The number of ether oxygens (including phenoxy) is 1. The zero-order chi connectivity index (χ0) is 14.4. The van der Waals surface area contributed by atoms with E-state index in [4.69, 9.17) is 4.74 Å². The van der Waals surface area contributed by atoms with E-state index in [-0.39, 0.29) is 0 Å². The van der Waals surface area contributed by atoms with Crippen molar-refractivity contribution in [1.82, 2.24) is 19.3 Å². The minimum atomic E-state index is 0.691. The van der Waals surface area contributed by atoms with Crippen LogP contribution >= 0.6 is 0 Å². The Kier molecular flexibility index (Phi) is 5.17. The van der Waals surface area contributed by atoms with E-state index in [0.29, 0.717) is 6.61 Å². The first kappa shape index (κ1) is 14.6. The molecule has 0 radical (unpaired) electrons. The molecule has 20 heavy (non-hydrogen) atoms. The number of aromatic nitrogens is 4. The minimum Gasteiger partial charge on any atom is -0.383 e. The molecule has 2 heterocycles. The van der Waals surface area contributed by atoms with Crippen molar-refractivity contribution >= 4 is 5.95 Å². The van der Waals surface area contributed by atoms with Crippen LogP contribution < -0.4 is 5.32 Å². The van der Waals surface area contributed by atoms with Gasteiger partial charge in [0.1, 0.15) is 0 Å². The monoisotopic (exact) mass is 277 g/mol. The molecule has 0 fully saturated rings. The Hall–Kier alpha value is -1.82. The molecule has 2 aromatic rings. The van der Waals surface area contributed by atoms with Crippen LogP contribution in [0.3, 0.4) is 0 Å². The van der Waals surface area contributed by atoms with Crippen molar-refractivity contribution in [3.63, 3.8) is 0 Å². The first-order chi connectivity index (χ1) is 9.70. The van der Waals surface area contributed by atoms with Crippen molar-refractivity contribution in [1.29, 1.82) is 0 Å². The standard InChI is InChI=1S/C14H23N5O/c1-12-11-13(2)19(17-12)7-4-5-15-14-16-6-8-18(14)9-10-20-3/h6,8,11H,4-5,7,9-10H2,1-3H3,(H,15,16). The minimum absolute atomic E-state index is 0.691. The third kappa shape index (κ3) is 3.84. The normalized spacial score (nSPS) is 10.9. The van der Waals surface area contributed by atoms with Gasteiger partial charge in [-0.25, -0.2) is 4.98 Å². The lowest BCUT2D eigenvalue weighted by molar-refractivity contribution is 0.187. The maximum absolute atomic E-state index is 5.08. The van der Waals surface area contributed by atoms with Crippen molar-refractivity contribution in [2.45, 2.75) is 33.4 Å². The van der Waals surface area contributed by atoms with E-state index in [1.807, 2.05) is 13.1 Å². The van der Waals surface area contributed by atoms with Crippen molar-refractivity contribution in [2.24, 2.45) is 0 Å². The van der Waals surface area contributed by atoms with E-state index in [1.54, 1.807) is 13.3 Å². The Morgan fingerprint density at radius 3 is 2.85 bits per heavy atom. The van der Waals surface area contributed by atoms with Crippen LogP contribution in [0.1, 0.15) is 17.8 Å². The molecule has 0 atom stereocenters. The Balaban J connectivity index is 1.76. The summed E-state index contributed by atoms with van der Waals surface area (Å²) >= 11 is 0. The average Bonchev–Trinajstić information content (AvgIpc) is 2.99. The molecule has 0 aliphatic heterocycles. The molecule has 6 nitrogen and oxygen atoms in total. The summed E-state index contributed by atoms with van der Waals surface area (Å²) in [7, 11) is 1.71. The van der Waals surface area contributed by atoms with E-state index in [9.17, 15) is 0 Å². The van der Waals surface area contributed by atoms with Crippen molar-refractivity contribution in [3.05, 3.63) is 29.8 Å². The maximum atomic E-state index is 5.08. The van der Waals surface area contributed by atoms with Crippen LogP contribution in [0.5, 0.6) is 0 Å². The number of nitrogens with one attached hydrogen (secondary N) is 1. The van der Waals surface area contributed by atoms with Crippen LogP contribution in [-0.4, -0.2) is 39.6 Å². The summed E-state index contributed by atoms with van der Waals surface area (Å²) in [5.74, 6) is 0.899. The van der Waals surface area contributed by atoms with Crippen LogP contribution in [0.2, 0.25) is 0 Å². The number of imidazole rings is 1. The van der Waals surface area contributed by atoms with Crippen LogP contribution in [0.15, 0.2) is 18.5 Å². The number of anilines is 1. The van der Waals surface area contributed by atoms with Crippen molar-refractivity contribution < 1.29 is 4.74 Å². The zero-order valence-corrected chi connectivity index (χ0v) is 12.5. The summed E-state index contributed by atoms with van der Waals surface area (Å²) in [6.45, 7) is 7.42. The highest BCUT2D eigenvalue weighted by molar-refractivity contribution is 5.25. The van der Waals surface area contributed by atoms with Gasteiger partial charge in [-0.05, 0) is 26.3 Å². The fraction of sp³-hybridized carbons (Fsp3) is 0.571. The van der Waals surface area contributed by atoms with Gasteiger partial charge in [-0.1, -0.05) is 0 Å². The first-order valence-electron chi connectivity index (χ1n) is 6.95. The molecule has 2 aromatic heterocycles. The van der Waals surface area contributed by atoms with Gasteiger partial charge in [0.05, 0.1) is 12.3 Å². The number of rotatable bonds is 8. The van der Waals surface area contributed by atoms with Gasteiger partial charge in [0.25, 0.3) is 0 Å². The molecular formula is C14H23N5O. The van der Waals surface area contributed by atoms with E-state index >= 15 is 0 Å². The number of nitrogens with zero attached hydrogens (tertiary/aromatic N) is 4. The van der Waals surface area contributed by atoms with Gasteiger partial charge >= 0.3 is 0 Å². The molecule has 2 rings (SSSR count). The second kappa shape index (κ2) is 7.09. The molecule has 0 amide bonds. The Labute approximate surface area is 119 Å². The van der Waals surface area contributed by atoms with Gasteiger partial charge in [-0.15, -0.1) is 0 Å². The number of aryl methyl sites for hydroxylation is 3. The highest BCUT2D eigenvalue weighted by atomic mass is 16.5. The van der Waals surface area contributed by atoms with E-state index in [2.05, 4.69) is 37.6 Å². The van der Waals surface area contributed by atoms with Gasteiger partial charge in [0.15, 0.2) is 0 Å². The predicted molar refractivity (Wildman–Crippen MR) is 78.9 cm³/mol. The van der Waals surface area contributed by atoms with Crippen molar-refractivity contribution in [3.8, 4) is 0 Å². The summed E-state index contributed by atoms with van der Waals surface area (Å²) in [6.07, 6.45) is 4.78. The van der Waals surface area contributed by atoms with E-state index in [1.165, 1.54) is 5.69 Å². The van der Waals surface area contributed by atoms with Gasteiger partial charge in [-0.3, -0.25) is 4.68 Å². The summed E-state index contributed by atoms with van der Waals surface area (Å²) in [5, 5.41) is 7.81.